The molecule has 31 heavy (non-hydrogen) atoms. The van der Waals surface area contributed by atoms with Crippen LogP contribution in [0.15, 0.2) is 87.2 Å². The number of anilines is 1. The fourth-order valence-electron chi connectivity index (χ4n) is 3.67. The molecule has 2 amide bonds. The van der Waals surface area contributed by atoms with Crippen LogP contribution in [-0.4, -0.2) is 35.8 Å². The Bertz CT molecular complexity index is 1010. The normalized spacial score (nSPS) is 16.2. The molecule has 1 saturated heterocycles. The molecule has 3 aromatic rings. The quantitative estimate of drug-likeness (QED) is 0.556. The van der Waals surface area contributed by atoms with E-state index in [-0.39, 0.29) is 24.4 Å². The van der Waals surface area contributed by atoms with Crippen molar-refractivity contribution in [3.63, 3.8) is 0 Å². The fraction of sp³-hybridized carbons (Fsp3) is 0.250. The van der Waals surface area contributed by atoms with E-state index in [1.807, 2.05) is 65.6 Å². The fourth-order valence-corrected chi connectivity index (χ4v) is 4.59. The predicted octanol–water partition coefficient (Wildman–Crippen LogP) is 4.15. The van der Waals surface area contributed by atoms with E-state index in [1.165, 1.54) is 0 Å². The largest absolute Gasteiger partial charge is 0.467 e. The monoisotopic (exact) mass is 435 g/mol. The Morgan fingerprint density at radius 1 is 1.03 bits per heavy atom. The van der Waals surface area contributed by atoms with Crippen LogP contribution in [0, 0.1) is 0 Å². The molecule has 2 aromatic carbocycles. The minimum atomic E-state index is -0.297. The summed E-state index contributed by atoms with van der Waals surface area (Å²) in [7, 11) is 0. The van der Waals surface area contributed by atoms with Crippen LogP contribution in [0.3, 0.4) is 0 Å². The SMILES string of the molecule is O=C(CN1CCC[C@H]1C(=O)NCc1ccco1)Nc1ccccc1Sc1ccccc1. The zero-order chi connectivity index (χ0) is 21.5. The molecule has 1 fully saturated rings. The van der Waals surface area contributed by atoms with Gasteiger partial charge in [0.25, 0.3) is 0 Å². The van der Waals surface area contributed by atoms with Crippen LogP contribution in [0.25, 0.3) is 0 Å². The maximum atomic E-state index is 12.8. The lowest BCUT2D eigenvalue weighted by molar-refractivity contribution is -0.126. The summed E-state index contributed by atoms with van der Waals surface area (Å²) >= 11 is 1.61. The number of nitrogens with zero attached hydrogens (tertiary/aromatic N) is 1. The summed E-state index contributed by atoms with van der Waals surface area (Å²) in [4.78, 5) is 29.4. The van der Waals surface area contributed by atoms with Gasteiger partial charge in [-0.05, 0) is 55.8 Å². The molecule has 0 aliphatic carbocycles. The van der Waals surface area contributed by atoms with Crippen LogP contribution < -0.4 is 10.6 Å². The molecule has 2 N–H and O–H groups in total. The number of para-hydroxylation sites is 1. The number of rotatable bonds is 8. The van der Waals surface area contributed by atoms with Crippen molar-refractivity contribution in [3.05, 3.63) is 78.8 Å². The lowest BCUT2D eigenvalue weighted by atomic mass is 10.2. The van der Waals surface area contributed by atoms with Crippen molar-refractivity contribution >= 4 is 29.3 Å². The van der Waals surface area contributed by atoms with Crippen molar-refractivity contribution in [2.75, 3.05) is 18.4 Å². The lowest BCUT2D eigenvalue weighted by Crippen LogP contribution is -2.45. The first kappa shape index (κ1) is 21.2. The third kappa shape index (κ3) is 5.77. The van der Waals surface area contributed by atoms with E-state index < -0.39 is 0 Å². The first-order valence-corrected chi connectivity index (χ1v) is 11.2. The lowest BCUT2D eigenvalue weighted by Gasteiger charge is -2.23. The Kier molecular flexibility index (Phi) is 7.07. The highest BCUT2D eigenvalue weighted by atomic mass is 32.2. The number of nitrogens with one attached hydrogen (secondary N) is 2. The van der Waals surface area contributed by atoms with Gasteiger partial charge in [-0.3, -0.25) is 14.5 Å². The third-order valence-corrected chi connectivity index (χ3v) is 6.25. The number of carbonyl (C=O) groups excluding carboxylic acids is 2. The highest BCUT2D eigenvalue weighted by Gasteiger charge is 2.31. The molecule has 2 heterocycles. The first-order valence-electron chi connectivity index (χ1n) is 10.3. The van der Waals surface area contributed by atoms with Gasteiger partial charge in [0.1, 0.15) is 5.76 Å². The molecule has 7 heteroatoms. The molecule has 1 aromatic heterocycles. The predicted molar refractivity (Wildman–Crippen MR) is 121 cm³/mol. The van der Waals surface area contributed by atoms with Gasteiger partial charge in [0, 0.05) is 9.79 Å². The zero-order valence-electron chi connectivity index (χ0n) is 17.1. The van der Waals surface area contributed by atoms with Gasteiger partial charge >= 0.3 is 0 Å². The minimum Gasteiger partial charge on any atom is -0.467 e. The van der Waals surface area contributed by atoms with Gasteiger partial charge in [0.15, 0.2) is 0 Å². The molecule has 1 atom stereocenters. The molecule has 4 rings (SSSR count). The van der Waals surface area contributed by atoms with Crippen molar-refractivity contribution in [2.45, 2.75) is 35.2 Å². The number of amides is 2. The Labute approximate surface area is 186 Å². The molecule has 0 spiro atoms. The van der Waals surface area contributed by atoms with E-state index in [9.17, 15) is 9.59 Å². The van der Waals surface area contributed by atoms with Gasteiger partial charge < -0.3 is 15.1 Å². The van der Waals surface area contributed by atoms with Crippen LogP contribution >= 0.6 is 11.8 Å². The number of benzene rings is 2. The standard InChI is InChI=1S/C24H25N3O3S/c28-23(26-20-11-4-5-13-22(20)31-19-9-2-1-3-10-19)17-27-14-6-12-21(27)24(29)25-16-18-8-7-15-30-18/h1-5,7-11,13,15,21H,6,12,14,16-17H2,(H,25,29)(H,26,28)/t21-/m0/s1. The van der Waals surface area contributed by atoms with E-state index in [0.29, 0.717) is 12.3 Å². The van der Waals surface area contributed by atoms with Crippen molar-refractivity contribution in [3.8, 4) is 0 Å². The van der Waals surface area contributed by atoms with Gasteiger partial charge in [-0.15, -0.1) is 0 Å². The molecule has 0 bridgehead atoms. The molecule has 160 valence electrons. The average Bonchev–Trinajstić information content (AvgIpc) is 3.46. The zero-order valence-corrected chi connectivity index (χ0v) is 17.9. The van der Waals surface area contributed by atoms with Crippen molar-refractivity contribution in [2.24, 2.45) is 0 Å². The molecule has 0 saturated carbocycles. The first-order chi connectivity index (χ1) is 15.2. The van der Waals surface area contributed by atoms with Gasteiger partial charge in [0.05, 0.1) is 31.1 Å². The summed E-state index contributed by atoms with van der Waals surface area (Å²) in [5.74, 6) is 0.525. The Morgan fingerprint density at radius 2 is 1.84 bits per heavy atom. The second-order valence-corrected chi connectivity index (χ2v) is 8.50. The number of furan rings is 1. The van der Waals surface area contributed by atoms with Gasteiger partial charge in [-0.1, -0.05) is 42.1 Å². The van der Waals surface area contributed by atoms with Gasteiger partial charge in [0.2, 0.25) is 11.8 Å². The summed E-state index contributed by atoms with van der Waals surface area (Å²) in [6.07, 6.45) is 3.23. The third-order valence-electron chi connectivity index (χ3n) is 5.16. The summed E-state index contributed by atoms with van der Waals surface area (Å²) in [6, 6.07) is 21.1. The van der Waals surface area contributed by atoms with Gasteiger partial charge in [-0.2, -0.15) is 0 Å². The van der Waals surface area contributed by atoms with Crippen LogP contribution in [0.4, 0.5) is 5.69 Å². The molecule has 1 aliphatic rings. The topological polar surface area (TPSA) is 74.6 Å². The Morgan fingerprint density at radius 3 is 2.65 bits per heavy atom. The van der Waals surface area contributed by atoms with E-state index >= 15 is 0 Å². The second kappa shape index (κ2) is 10.3. The molecule has 6 nitrogen and oxygen atoms in total. The van der Waals surface area contributed by atoms with E-state index in [2.05, 4.69) is 10.6 Å². The highest BCUT2D eigenvalue weighted by molar-refractivity contribution is 7.99. The van der Waals surface area contributed by atoms with E-state index in [4.69, 9.17) is 4.42 Å². The van der Waals surface area contributed by atoms with Crippen molar-refractivity contribution in [1.82, 2.24) is 10.2 Å². The average molecular weight is 436 g/mol. The second-order valence-electron chi connectivity index (χ2n) is 7.39. The molecule has 1 aliphatic heterocycles. The van der Waals surface area contributed by atoms with Crippen LogP contribution in [-0.2, 0) is 16.1 Å². The van der Waals surface area contributed by atoms with Crippen molar-refractivity contribution < 1.29 is 14.0 Å². The number of carbonyl (C=O) groups is 2. The number of likely N-dealkylation sites (tertiary alicyclic amines) is 1. The number of hydrogen-bond acceptors (Lipinski definition) is 5. The summed E-state index contributed by atoms with van der Waals surface area (Å²) < 4.78 is 5.26. The van der Waals surface area contributed by atoms with Crippen molar-refractivity contribution in [1.29, 1.82) is 0 Å². The summed E-state index contributed by atoms with van der Waals surface area (Å²) in [6.45, 7) is 1.27. The van der Waals surface area contributed by atoms with Crippen LogP contribution in [0.5, 0.6) is 0 Å². The smallest absolute Gasteiger partial charge is 0.238 e. The van der Waals surface area contributed by atoms with Gasteiger partial charge in [-0.25, -0.2) is 0 Å². The summed E-state index contributed by atoms with van der Waals surface area (Å²) in [5.41, 5.74) is 0.777. The Hall–Kier alpha value is -3.03. The molecular formula is C24H25N3O3S. The molecule has 0 unspecified atom stereocenters. The number of hydrogen-bond donors (Lipinski definition) is 2. The minimum absolute atomic E-state index is 0.0678. The highest BCUT2D eigenvalue weighted by Crippen LogP contribution is 2.33. The maximum Gasteiger partial charge on any atom is 0.238 e. The van der Waals surface area contributed by atoms with E-state index in [0.717, 1.165) is 34.9 Å². The maximum absolute atomic E-state index is 12.8. The van der Waals surface area contributed by atoms with Crippen LogP contribution in [0.2, 0.25) is 0 Å². The molecule has 0 radical (unpaired) electrons. The Balaban J connectivity index is 1.34. The van der Waals surface area contributed by atoms with E-state index in [1.54, 1.807) is 24.1 Å². The van der Waals surface area contributed by atoms with Crippen LogP contribution in [0.1, 0.15) is 18.6 Å². The molecular weight excluding hydrogens is 410 g/mol. The summed E-state index contributed by atoms with van der Waals surface area (Å²) in [5, 5.41) is 5.93.